The van der Waals surface area contributed by atoms with Crippen molar-refractivity contribution < 1.29 is 0 Å². The largest absolute Gasteiger partial charge is 0.372 e. The van der Waals surface area contributed by atoms with E-state index in [2.05, 4.69) is 55.0 Å². The van der Waals surface area contributed by atoms with Crippen molar-refractivity contribution in [3.8, 4) is 0 Å². The summed E-state index contributed by atoms with van der Waals surface area (Å²) >= 11 is 6.02. The Morgan fingerprint density at radius 2 is 1.75 bits per heavy atom. The summed E-state index contributed by atoms with van der Waals surface area (Å²) in [5.41, 5.74) is 4.16. The zero-order chi connectivity index (χ0) is 19.3. The van der Waals surface area contributed by atoms with Crippen molar-refractivity contribution in [2.45, 2.75) is 26.2 Å². The molecule has 1 aliphatic rings. The summed E-state index contributed by atoms with van der Waals surface area (Å²) in [7, 11) is 0. The smallest absolute Gasteiger partial charge is 0.249 e. The van der Waals surface area contributed by atoms with Gasteiger partial charge in [0, 0.05) is 35.2 Å². The molecular weight excluding hydrogens is 372 g/mol. The van der Waals surface area contributed by atoms with Gasteiger partial charge in [0.25, 0.3) is 0 Å². The number of hydrogen-bond acceptors (Lipinski definition) is 6. The second kappa shape index (κ2) is 8.44. The molecule has 2 N–H and O–H groups in total. The van der Waals surface area contributed by atoms with E-state index in [1.165, 1.54) is 24.9 Å². The number of nitrogens with one attached hydrogen (secondary N) is 2. The van der Waals surface area contributed by atoms with E-state index >= 15 is 0 Å². The van der Waals surface area contributed by atoms with Gasteiger partial charge in [0.05, 0.1) is 6.20 Å². The zero-order valence-corrected chi connectivity index (χ0v) is 16.6. The first-order chi connectivity index (χ1) is 13.7. The van der Waals surface area contributed by atoms with Gasteiger partial charge < -0.3 is 15.5 Å². The minimum atomic E-state index is 0.447. The number of aromatic nitrogens is 3. The molecule has 0 saturated carbocycles. The third-order valence-electron chi connectivity index (χ3n) is 4.85. The number of halogens is 1. The van der Waals surface area contributed by atoms with E-state index in [-0.39, 0.29) is 0 Å². The van der Waals surface area contributed by atoms with Crippen molar-refractivity contribution in [2.75, 3.05) is 28.6 Å². The number of anilines is 5. The average Bonchev–Trinajstić information content (AvgIpc) is 2.72. The summed E-state index contributed by atoms with van der Waals surface area (Å²) in [5.74, 6) is 1.06. The molecule has 1 aromatic heterocycles. The van der Waals surface area contributed by atoms with Gasteiger partial charge in [-0.15, -0.1) is 5.10 Å². The topological polar surface area (TPSA) is 66.0 Å². The molecule has 6 nitrogen and oxygen atoms in total. The molecule has 1 aliphatic heterocycles. The molecule has 0 aliphatic carbocycles. The maximum Gasteiger partial charge on any atom is 0.249 e. The van der Waals surface area contributed by atoms with Gasteiger partial charge in [-0.2, -0.15) is 10.1 Å². The lowest BCUT2D eigenvalue weighted by Crippen LogP contribution is -2.29. The Bertz CT molecular complexity index is 938. The lowest BCUT2D eigenvalue weighted by Gasteiger charge is -2.28. The summed E-state index contributed by atoms with van der Waals surface area (Å²) in [6.45, 7) is 4.27. The summed E-state index contributed by atoms with van der Waals surface area (Å²) in [5, 5.41) is 15.3. The fourth-order valence-electron chi connectivity index (χ4n) is 3.36. The van der Waals surface area contributed by atoms with E-state index in [1.807, 2.05) is 25.1 Å². The molecule has 7 heteroatoms. The van der Waals surface area contributed by atoms with Crippen molar-refractivity contribution in [3.63, 3.8) is 0 Å². The van der Waals surface area contributed by atoms with E-state index in [9.17, 15) is 0 Å². The fraction of sp³-hybridized carbons (Fsp3) is 0.286. The summed E-state index contributed by atoms with van der Waals surface area (Å²) in [4.78, 5) is 6.93. The minimum Gasteiger partial charge on any atom is -0.372 e. The molecule has 0 amide bonds. The van der Waals surface area contributed by atoms with Crippen LogP contribution in [-0.4, -0.2) is 28.3 Å². The first-order valence-electron chi connectivity index (χ1n) is 9.52. The fourth-order valence-corrected chi connectivity index (χ4v) is 3.59. The highest BCUT2D eigenvalue weighted by molar-refractivity contribution is 6.30. The first-order valence-corrected chi connectivity index (χ1v) is 9.90. The van der Waals surface area contributed by atoms with Gasteiger partial charge in [0.2, 0.25) is 5.95 Å². The highest BCUT2D eigenvalue weighted by Gasteiger charge is 2.11. The zero-order valence-electron chi connectivity index (χ0n) is 15.8. The Kier molecular flexibility index (Phi) is 5.58. The highest BCUT2D eigenvalue weighted by Crippen LogP contribution is 2.24. The molecule has 144 valence electrons. The van der Waals surface area contributed by atoms with Crippen molar-refractivity contribution in [3.05, 3.63) is 59.2 Å². The molecule has 0 bridgehead atoms. The molecule has 0 unspecified atom stereocenters. The highest BCUT2D eigenvalue weighted by atomic mass is 35.5. The van der Waals surface area contributed by atoms with Crippen LogP contribution < -0.4 is 15.5 Å². The second-order valence-corrected chi connectivity index (χ2v) is 7.41. The Hall–Kier alpha value is -2.86. The molecule has 28 heavy (non-hydrogen) atoms. The molecule has 1 saturated heterocycles. The maximum absolute atomic E-state index is 6.02. The number of nitrogens with zero attached hydrogens (tertiary/aromatic N) is 4. The molecular formula is C21H23ClN6. The average molecular weight is 395 g/mol. The van der Waals surface area contributed by atoms with Crippen LogP contribution in [0, 0.1) is 6.92 Å². The normalized spacial score (nSPS) is 14.0. The van der Waals surface area contributed by atoms with Crippen LogP contribution in [0.25, 0.3) is 0 Å². The van der Waals surface area contributed by atoms with Gasteiger partial charge in [-0.1, -0.05) is 11.6 Å². The van der Waals surface area contributed by atoms with Gasteiger partial charge in [0.1, 0.15) is 0 Å². The van der Waals surface area contributed by atoms with E-state index < -0.39 is 0 Å². The number of aryl methyl sites for hydroxylation is 1. The van der Waals surface area contributed by atoms with Crippen molar-refractivity contribution in [1.82, 2.24) is 15.2 Å². The number of hydrogen-bond donors (Lipinski definition) is 2. The standard InChI is InChI=1S/C21H23ClN6/c1-15-13-16(22)5-10-19(15)25-20-14-23-27-21(26-20)24-17-6-8-18(9-7-17)28-11-3-2-4-12-28/h5-10,13-14H,2-4,11-12H2,1H3,(H2,24,25,26,27). The first kappa shape index (κ1) is 18.5. The van der Waals surface area contributed by atoms with E-state index in [4.69, 9.17) is 11.6 Å². The van der Waals surface area contributed by atoms with Crippen LogP contribution in [0.15, 0.2) is 48.7 Å². The van der Waals surface area contributed by atoms with Gasteiger partial charge in [-0.05, 0) is 74.2 Å². The van der Waals surface area contributed by atoms with Gasteiger partial charge in [-0.3, -0.25) is 0 Å². The molecule has 0 atom stereocenters. The van der Waals surface area contributed by atoms with Crippen LogP contribution in [0.5, 0.6) is 0 Å². The van der Waals surface area contributed by atoms with Crippen LogP contribution in [0.1, 0.15) is 24.8 Å². The molecule has 0 radical (unpaired) electrons. The quantitative estimate of drug-likeness (QED) is 0.611. The third kappa shape index (κ3) is 4.51. The molecule has 2 aromatic carbocycles. The molecule has 0 spiro atoms. The van der Waals surface area contributed by atoms with Gasteiger partial charge in [0.15, 0.2) is 5.82 Å². The van der Waals surface area contributed by atoms with Crippen LogP contribution in [0.3, 0.4) is 0 Å². The summed E-state index contributed by atoms with van der Waals surface area (Å²) < 4.78 is 0. The predicted octanol–water partition coefficient (Wildman–Crippen LogP) is 5.31. The Labute approximate surface area is 170 Å². The second-order valence-electron chi connectivity index (χ2n) is 6.97. The summed E-state index contributed by atoms with van der Waals surface area (Å²) in [6.07, 6.45) is 5.47. The van der Waals surface area contributed by atoms with Gasteiger partial charge >= 0.3 is 0 Å². The predicted molar refractivity (Wildman–Crippen MR) is 115 cm³/mol. The van der Waals surface area contributed by atoms with Crippen LogP contribution in [-0.2, 0) is 0 Å². The Balaban J connectivity index is 1.44. The van der Waals surface area contributed by atoms with Crippen molar-refractivity contribution in [2.24, 2.45) is 0 Å². The minimum absolute atomic E-state index is 0.447. The lowest BCUT2D eigenvalue weighted by molar-refractivity contribution is 0.578. The molecule has 1 fully saturated rings. The molecule has 3 aromatic rings. The van der Waals surface area contributed by atoms with Crippen molar-refractivity contribution >= 4 is 40.4 Å². The van der Waals surface area contributed by atoms with E-state index in [0.29, 0.717) is 16.8 Å². The van der Waals surface area contributed by atoms with Crippen LogP contribution in [0.4, 0.5) is 28.8 Å². The van der Waals surface area contributed by atoms with Crippen LogP contribution >= 0.6 is 11.6 Å². The number of piperidine rings is 1. The monoisotopic (exact) mass is 394 g/mol. The van der Waals surface area contributed by atoms with Crippen LogP contribution in [0.2, 0.25) is 5.02 Å². The number of rotatable bonds is 5. The Morgan fingerprint density at radius 3 is 2.50 bits per heavy atom. The van der Waals surface area contributed by atoms with Gasteiger partial charge in [-0.25, -0.2) is 0 Å². The molecule has 2 heterocycles. The van der Waals surface area contributed by atoms with E-state index in [1.54, 1.807) is 6.20 Å². The van der Waals surface area contributed by atoms with E-state index in [0.717, 1.165) is 30.0 Å². The summed E-state index contributed by atoms with van der Waals surface area (Å²) in [6, 6.07) is 14.1. The SMILES string of the molecule is Cc1cc(Cl)ccc1Nc1cnnc(Nc2ccc(N3CCCCC3)cc2)n1. The molecule has 4 rings (SSSR count). The maximum atomic E-state index is 6.02. The number of benzene rings is 2. The third-order valence-corrected chi connectivity index (χ3v) is 5.09. The Morgan fingerprint density at radius 1 is 0.964 bits per heavy atom. The lowest BCUT2D eigenvalue weighted by atomic mass is 10.1. The van der Waals surface area contributed by atoms with Crippen molar-refractivity contribution in [1.29, 1.82) is 0 Å².